The maximum Gasteiger partial charge on any atom is 0.330 e. The third kappa shape index (κ3) is 6.19. The van der Waals surface area contributed by atoms with Crippen molar-refractivity contribution in [3.63, 3.8) is 0 Å². The topological polar surface area (TPSA) is 6.48 Å². The SMILES string of the molecule is CC(C)N(C(C)C)[Si](Cl)(N(C(C)C)C(C)C)[Si]([Si](Cl)(Cl)Cl)([Si](Cl)(Cl)Cl)[Si](Cl)(Cl)Cl. The maximum atomic E-state index is 7.82. The first-order valence-corrected chi connectivity index (χ1v) is 33.0. The molecular formula is C12H28Cl10N2Si5. The predicted octanol–water partition coefficient (Wildman–Crippen LogP) is 8.13. The maximum absolute atomic E-state index is 7.82. The molecule has 2 nitrogen and oxygen atoms in total. The summed E-state index contributed by atoms with van der Waals surface area (Å²) in [7, 11) is -3.67. The van der Waals surface area contributed by atoms with Crippen molar-refractivity contribution in [1.82, 2.24) is 9.13 Å². The molecule has 0 aromatic heterocycles. The van der Waals surface area contributed by atoms with E-state index in [4.69, 9.17) is 111 Å². The van der Waals surface area contributed by atoms with Crippen LogP contribution < -0.4 is 0 Å². The second kappa shape index (κ2) is 11.3. The molecule has 0 saturated heterocycles. The monoisotopic (exact) mass is 690 g/mol. The van der Waals surface area contributed by atoms with Crippen molar-refractivity contribution in [2.75, 3.05) is 0 Å². The first-order chi connectivity index (χ1) is 12.5. The van der Waals surface area contributed by atoms with Gasteiger partial charge in [0, 0.05) is 0 Å². The molecule has 0 atom stereocenters. The molecule has 0 rings (SSSR count). The Morgan fingerprint density at radius 2 is 0.586 bits per heavy atom. The molecule has 0 N–H and O–H groups in total. The fourth-order valence-corrected chi connectivity index (χ4v) is 209. The quantitative estimate of drug-likeness (QED) is 0.168. The zero-order chi connectivity index (χ0) is 24.0. The Balaban J connectivity index is 7.94. The zero-order valence-corrected chi connectivity index (χ0v) is 30.0. The summed E-state index contributed by atoms with van der Waals surface area (Å²) in [5.41, 5.74) is -11.8. The fourth-order valence-electron chi connectivity index (χ4n) is 4.11. The second-order valence-electron chi connectivity index (χ2n) is 8.02. The molecular weight excluding hydrogens is 667 g/mol. The lowest BCUT2D eigenvalue weighted by molar-refractivity contribution is 0.225. The van der Waals surface area contributed by atoms with Gasteiger partial charge in [-0.1, -0.05) is 55.4 Å². The minimum absolute atomic E-state index is 0.0462. The van der Waals surface area contributed by atoms with Gasteiger partial charge in [0.2, 0.25) is 6.14 Å². The molecule has 0 fully saturated rings. The van der Waals surface area contributed by atoms with Crippen LogP contribution in [-0.2, 0) is 0 Å². The van der Waals surface area contributed by atoms with Crippen molar-refractivity contribution in [2.45, 2.75) is 79.6 Å². The minimum Gasteiger partial charge on any atom is -0.298 e. The molecule has 0 heterocycles. The minimum atomic E-state index is -3.97. The molecule has 0 amide bonds. The summed E-state index contributed by atoms with van der Waals surface area (Å²) in [6, 6.07) is -0.185. The lowest BCUT2D eigenvalue weighted by Crippen LogP contribution is -2.96. The summed E-state index contributed by atoms with van der Waals surface area (Å²) in [4.78, 5) is 0. The van der Waals surface area contributed by atoms with Crippen molar-refractivity contribution in [2.24, 2.45) is 0 Å². The van der Waals surface area contributed by atoms with Crippen molar-refractivity contribution >= 4 is 141 Å². The number of rotatable bonds is 10. The molecule has 0 aliphatic rings. The third-order valence-electron chi connectivity index (χ3n) is 4.66. The molecule has 0 radical (unpaired) electrons. The van der Waals surface area contributed by atoms with Crippen molar-refractivity contribution in [3.05, 3.63) is 0 Å². The number of halogens is 10. The highest BCUT2D eigenvalue weighted by Gasteiger charge is 2.90. The molecule has 0 saturated carbocycles. The summed E-state index contributed by atoms with van der Waals surface area (Å²) >= 11 is 69.1. The Labute approximate surface area is 227 Å². The van der Waals surface area contributed by atoms with Gasteiger partial charge in [0.1, 0.15) is 0 Å². The highest BCUT2D eigenvalue weighted by atomic mass is 35.9. The first-order valence-electron chi connectivity index (χ1n) is 8.99. The van der Waals surface area contributed by atoms with Crippen LogP contribution in [0.5, 0.6) is 0 Å². The first kappa shape index (κ1) is 32.9. The third-order valence-corrected chi connectivity index (χ3v) is 133. The zero-order valence-electron chi connectivity index (χ0n) is 17.5. The molecule has 29 heavy (non-hydrogen) atoms. The van der Waals surface area contributed by atoms with Crippen LogP contribution in [0.25, 0.3) is 0 Å². The Morgan fingerprint density at radius 3 is 0.690 bits per heavy atom. The largest absolute Gasteiger partial charge is 0.330 e. The average molecular weight is 695 g/mol. The van der Waals surface area contributed by atoms with Gasteiger partial charge in [0.25, 0.3) is 7.22 Å². The predicted molar refractivity (Wildman–Crippen MR) is 152 cm³/mol. The summed E-state index contributed by atoms with van der Waals surface area (Å²) in [6.07, 6.45) is -3.97. The normalized spacial score (nSPS) is 15.7. The van der Waals surface area contributed by atoms with Gasteiger partial charge in [0.15, 0.2) is 0 Å². The van der Waals surface area contributed by atoms with E-state index in [-0.39, 0.29) is 24.2 Å². The highest BCUT2D eigenvalue weighted by Crippen LogP contribution is 2.59. The van der Waals surface area contributed by atoms with Crippen LogP contribution >= 0.6 is 111 Å². The molecule has 0 bridgehead atoms. The van der Waals surface area contributed by atoms with Crippen LogP contribution in [-0.4, -0.2) is 63.2 Å². The smallest absolute Gasteiger partial charge is 0.298 e. The van der Waals surface area contributed by atoms with Gasteiger partial charge in [-0.25, -0.2) is 0 Å². The molecule has 176 valence electrons. The molecule has 0 aromatic carbocycles. The van der Waals surface area contributed by atoms with Crippen LogP contribution in [0.15, 0.2) is 0 Å². The summed E-state index contributed by atoms with van der Waals surface area (Å²) in [6.45, 7) is 16.1. The Kier molecular flexibility index (Phi) is 12.8. The molecule has 17 heteroatoms. The molecule has 0 aliphatic heterocycles. The number of hydrogen-bond acceptors (Lipinski definition) is 2. The lowest BCUT2D eigenvalue weighted by atomic mass is 10.3. The number of hydrogen-bond donors (Lipinski definition) is 0. The van der Waals surface area contributed by atoms with E-state index in [1.807, 2.05) is 55.4 Å². The molecule has 0 unspecified atom stereocenters. The van der Waals surface area contributed by atoms with E-state index >= 15 is 0 Å². The summed E-state index contributed by atoms with van der Waals surface area (Å²) in [5, 5.41) is 0. The summed E-state index contributed by atoms with van der Waals surface area (Å²) < 4.78 is 4.28. The van der Waals surface area contributed by atoms with E-state index in [9.17, 15) is 0 Å². The van der Waals surface area contributed by atoms with Gasteiger partial charge >= 0.3 is 16.6 Å². The second-order valence-corrected chi connectivity index (χ2v) is 73.2. The van der Waals surface area contributed by atoms with E-state index in [0.29, 0.717) is 0 Å². The van der Waals surface area contributed by atoms with Gasteiger partial charge in [-0.2, -0.15) is 0 Å². The fraction of sp³-hybridized carbons (Fsp3) is 1.00. The van der Waals surface area contributed by atoms with E-state index in [1.54, 1.807) is 0 Å². The Bertz CT molecular complexity index is 475. The van der Waals surface area contributed by atoms with E-state index in [2.05, 4.69) is 9.13 Å². The van der Waals surface area contributed by atoms with E-state index in [0.717, 1.165) is 0 Å². The molecule has 0 spiro atoms. The van der Waals surface area contributed by atoms with Crippen LogP contribution in [0.4, 0.5) is 0 Å². The van der Waals surface area contributed by atoms with Gasteiger partial charge in [0.05, 0.1) is 0 Å². The number of nitrogens with zero attached hydrogens (tertiary/aromatic N) is 2. The van der Waals surface area contributed by atoms with Gasteiger partial charge in [-0.15, -0.1) is 111 Å². The van der Waals surface area contributed by atoms with E-state index < -0.39 is 29.9 Å². The molecule has 0 aromatic rings. The lowest BCUT2D eigenvalue weighted by Gasteiger charge is -2.61. The van der Waals surface area contributed by atoms with Crippen molar-refractivity contribution in [3.8, 4) is 0 Å². The standard InChI is InChI=1S/C12H28Cl10N2Si5/c1-9(2)23(10(3)4)28(22,24(11(5)6)12(7)8)29(25(13,14)15,26(16,17)18)27(19,20)21/h9-12H,1-8H3. The highest BCUT2D eigenvalue weighted by molar-refractivity contribution is 8.38. The van der Waals surface area contributed by atoms with Gasteiger partial charge < -0.3 is 0 Å². The molecule has 0 aliphatic carbocycles. The van der Waals surface area contributed by atoms with Crippen molar-refractivity contribution < 1.29 is 0 Å². The Morgan fingerprint density at radius 1 is 0.414 bits per heavy atom. The van der Waals surface area contributed by atoms with Gasteiger partial charge in [-0.05, 0) is 24.2 Å². The Hall–Kier alpha value is 3.90. The van der Waals surface area contributed by atoms with Crippen LogP contribution in [0, 0.1) is 0 Å². The summed E-state index contributed by atoms with van der Waals surface area (Å²) in [5.74, 6) is 0. The van der Waals surface area contributed by atoms with E-state index in [1.165, 1.54) is 0 Å². The van der Waals surface area contributed by atoms with Crippen LogP contribution in [0.1, 0.15) is 55.4 Å². The van der Waals surface area contributed by atoms with Crippen LogP contribution in [0.2, 0.25) is 0 Å². The average Bonchev–Trinajstić information content (AvgIpc) is 2.29. The van der Waals surface area contributed by atoms with Crippen LogP contribution in [0.3, 0.4) is 0 Å². The van der Waals surface area contributed by atoms with Gasteiger partial charge in [-0.3, -0.25) is 9.13 Å². The van der Waals surface area contributed by atoms with Crippen molar-refractivity contribution in [1.29, 1.82) is 0 Å².